The molecule has 1 heterocycles. The van der Waals surface area contributed by atoms with Gasteiger partial charge in [0.1, 0.15) is 0 Å². The fourth-order valence-corrected chi connectivity index (χ4v) is 7.67. The number of nitrogens with zero attached hydrogens (tertiary/aromatic N) is 1. The Morgan fingerprint density at radius 2 is 1.91 bits per heavy atom. The van der Waals surface area contributed by atoms with Crippen molar-refractivity contribution in [3.8, 4) is 12.3 Å². The van der Waals surface area contributed by atoms with Gasteiger partial charge in [-0.15, -0.1) is 12.3 Å². The molecule has 0 amide bonds. The van der Waals surface area contributed by atoms with Crippen LogP contribution >= 0.6 is 0 Å². The van der Waals surface area contributed by atoms with E-state index in [1.807, 2.05) is 6.08 Å². The van der Waals surface area contributed by atoms with Crippen molar-refractivity contribution >= 4 is 11.5 Å². The standard InChI is InChI=1S/C28H35NO2.C3H4/c1-17-4-5-19(15-25(17)29-12-3-13-29)23-16-28(2)24(10-11-26(28)31)22-8-6-18-14-20(30)7-9-21(18)27(22)23;1-3-2/h4-5,14-15,22-24,26,31H,3,6-13,16H2,1-2H3;1H,2H3. The maximum absolute atomic E-state index is 12.2. The van der Waals surface area contributed by atoms with Crippen molar-refractivity contribution in [2.45, 2.75) is 84.2 Å². The molecular weight excluding hydrogens is 418 g/mol. The SMILES string of the molecule is C#CC.Cc1ccc(C2CC3(C)C(O)CCC3C3CCC4=CC(=O)CCC4=C23)cc1N1CCC1. The van der Waals surface area contributed by atoms with Crippen LogP contribution in [0.3, 0.4) is 0 Å². The molecule has 34 heavy (non-hydrogen) atoms. The van der Waals surface area contributed by atoms with E-state index >= 15 is 0 Å². The highest BCUT2D eigenvalue weighted by atomic mass is 16.3. The molecule has 6 rings (SSSR count). The number of carbonyl (C=O) groups excluding carboxylic acids is 1. The van der Waals surface area contributed by atoms with Gasteiger partial charge in [-0.2, -0.15) is 0 Å². The number of hydrogen-bond acceptors (Lipinski definition) is 3. The number of aryl methyl sites for hydroxylation is 1. The van der Waals surface area contributed by atoms with Crippen molar-refractivity contribution in [2.75, 3.05) is 18.0 Å². The molecule has 180 valence electrons. The minimum atomic E-state index is -0.184. The van der Waals surface area contributed by atoms with Crippen LogP contribution in [0, 0.1) is 36.5 Å². The maximum Gasteiger partial charge on any atom is 0.156 e. The van der Waals surface area contributed by atoms with E-state index in [-0.39, 0.29) is 11.5 Å². The first-order valence-corrected chi connectivity index (χ1v) is 13.2. The zero-order chi connectivity index (χ0) is 24.0. The van der Waals surface area contributed by atoms with Crippen molar-refractivity contribution in [2.24, 2.45) is 17.3 Å². The smallest absolute Gasteiger partial charge is 0.156 e. The van der Waals surface area contributed by atoms with Crippen LogP contribution in [0.25, 0.3) is 0 Å². The number of terminal acetylenes is 1. The highest BCUT2D eigenvalue weighted by molar-refractivity contribution is 5.93. The lowest BCUT2D eigenvalue weighted by atomic mass is 9.53. The maximum atomic E-state index is 12.2. The number of allylic oxidation sites excluding steroid dienone is 4. The van der Waals surface area contributed by atoms with E-state index in [1.54, 1.807) is 12.5 Å². The zero-order valence-electron chi connectivity index (χ0n) is 21.1. The van der Waals surface area contributed by atoms with Crippen LogP contribution in [0.4, 0.5) is 5.69 Å². The van der Waals surface area contributed by atoms with Gasteiger partial charge < -0.3 is 10.0 Å². The van der Waals surface area contributed by atoms with Crippen LogP contribution in [0.1, 0.15) is 82.3 Å². The second-order valence-corrected chi connectivity index (χ2v) is 11.4. The predicted molar refractivity (Wildman–Crippen MR) is 139 cm³/mol. The second kappa shape index (κ2) is 9.04. The lowest BCUT2D eigenvalue weighted by molar-refractivity contribution is -0.114. The summed E-state index contributed by atoms with van der Waals surface area (Å²) in [7, 11) is 0. The molecule has 2 saturated carbocycles. The highest BCUT2D eigenvalue weighted by Crippen LogP contribution is 2.64. The molecule has 1 aromatic rings. The first kappa shape index (κ1) is 23.4. The third-order valence-corrected chi connectivity index (χ3v) is 9.51. The molecule has 4 aliphatic carbocycles. The van der Waals surface area contributed by atoms with Crippen molar-refractivity contribution < 1.29 is 9.90 Å². The number of fused-ring (bicyclic) bond motifs is 4. The van der Waals surface area contributed by atoms with Crippen LogP contribution in [0.5, 0.6) is 0 Å². The molecule has 3 nitrogen and oxygen atoms in total. The molecule has 1 aliphatic heterocycles. The molecule has 5 atom stereocenters. The van der Waals surface area contributed by atoms with Crippen molar-refractivity contribution in [3.63, 3.8) is 0 Å². The molecule has 0 spiro atoms. The van der Waals surface area contributed by atoms with Crippen molar-refractivity contribution in [3.05, 3.63) is 52.1 Å². The largest absolute Gasteiger partial charge is 0.393 e. The summed E-state index contributed by atoms with van der Waals surface area (Å²) in [6.07, 6.45) is 14.6. The van der Waals surface area contributed by atoms with Gasteiger partial charge in [-0.3, -0.25) is 4.79 Å². The summed E-state index contributed by atoms with van der Waals surface area (Å²) in [6.45, 7) is 8.58. The van der Waals surface area contributed by atoms with Crippen molar-refractivity contribution in [1.29, 1.82) is 0 Å². The summed E-state index contributed by atoms with van der Waals surface area (Å²) in [4.78, 5) is 14.7. The summed E-state index contributed by atoms with van der Waals surface area (Å²) in [5.41, 5.74) is 8.67. The first-order valence-electron chi connectivity index (χ1n) is 13.2. The van der Waals surface area contributed by atoms with E-state index in [0.717, 1.165) is 38.5 Å². The van der Waals surface area contributed by atoms with Gasteiger partial charge in [-0.05, 0) is 110 Å². The Morgan fingerprint density at radius 1 is 1.15 bits per heavy atom. The summed E-state index contributed by atoms with van der Waals surface area (Å²) >= 11 is 0. The number of benzene rings is 1. The Hall–Kier alpha value is -2.31. The number of hydrogen-bond donors (Lipinski definition) is 1. The first-order chi connectivity index (χ1) is 16.4. The molecule has 1 saturated heterocycles. The average Bonchev–Trinajstić information content (AvgIpc) is 3.08. The predicted octanol–water partition coefficient (Wildman–Crippen LogP) is 6.11. The van der Waals surface area contributed by atoms with Gasteiger partial charge in [-0.1, -0.05) is 24.6 Å². The van der Waals surface area contributed by atoms with Gasteiger partial charge in [0, 0.05) is 31.1 Å². The Balaban J connectivity index is 0.000000764. The number of rotatable bonds is 2. The van der Waals surface area contributed by atoms with Crippen LogP contribution in [-0.4, -0.2) is 30.1 Å². The van der Waals surface area contributed by atoms with E-state index in [4.69, 9.17) is 0 Å². The Morgan fingerprint density at radius 3 is 2.62 bits per heavy atom. The lowest BCUT2D eigenvalue weighted by Gasteiger charge is -2.52. The van der Waals surface area contributed by atoms with Crippen LogP contribution in [0.2, 0.25) is 0 Å². The number of aliphatic hydroxyl groups excluding tert-OH is 1. The zero-order valence-corrected chi connectivity index (χ0v) is 21.1. The van der Waals surface area contributed by atoms with E-state index in [0.29, 0.717) is 30.0 Å². The van der Waals surface area contributed by atoms with E-state index in [9.17, 15) is 9.90 Å². The highest BCUT2D eigenvalue weighted by Gasteiger charge is 2.56. The molecule has 0 aromatic heterocycles. The van der Waals surface area contributed by atoms with Crippen LogP contribution in [0.15, 0.2) is 41.0 Å². The molecule has 1 aromatic carbocycles. The average molecular weight is 458 g/mol. The molecule has 1 N–H and O–H groups in total. The fourth-order valence-electron chi connectivity index (χ4n) is 7.67. The Kier molecular flexibility index (Phi) is 6.23. The van der Waals surface area contributed by atoms with Gasteiger partial charge in [0.25, 0.3) is 0 Å². The molecular formula is C31H39NO2. The van der Waals surface area contributed by atoms with Gasteiger partial charge in [0.2, 0.25) is 0 Å². The number of ketones is 1. The lowest BCUT2D eigenvalue weighted by Crippen LogP contribution is -2.45. The normalized spacial score (nSPS) is 34.0. The van der Waals surface area contributed by atoms with E-state index in [2.05, 4.69) is 49.3 Å². The quantitative estimate of drug-likeness (QED) is 0.545. The number of anilines is 1. The monoisotopic (exact) mass is 457 g/mol. The molecule has 0 bridgehead atoms. The summed E-state index contributed by atoms with van der Waals surface area (Å²) in [6, 6.07) is 7.12. The molecule has 3 heteroatoms. The van der Waals surface area contributed by atoms with Crippen LogP contribution in [-0.2, 0) is 4.79 Å². The molecule has 0 radical (unpaired) electrons. The van der Waals surface area contributed by atoms with E-state index in [1.165, 1.54) is 47.5 Å². The summed E-state index contributed by atoms with van der Waals surface area (Å²) in [5.74, 6) is 4.07. The van der Waals surface area contributed by atoms with Gasteiger partial charge in [-0.25, -0.2) is 0 Å². The summed E-state index contributed by atoms with van der Waals surface area (Å²) in [5, 5.41) is 11.1. The molecule has 5 aliphatic rings. The third-order valence-electron chi connectivity index (χ3n) is 9.51. The number of carbonyl (C=O) groups is 1. The Labute approximate surface area is 205 Å². The minimum absolute atomic E-state index is 0.00685. The topological polar surface area (TPSA) is 40.5 Å². The van der Waals surface area contributed by atoms with Gasteiger partial charge in [0.05, 0.1) is 6.10 Å². The minimum Gasteiger partial charge on any atom is -0.393 e. The van der Waals surface area contributed by atoms with Gasteiger partial charge >= 0.3 is 0 Å². The number of aliphatic hydroxyl groups is 1. The third kappa shape index (κ3) is 3.75. The van der Waals surface area contributed by atoms with Gasteiger partial charge in [0.15, 0.2) is 5.78 Å². The van der Waals surface area contributed by atoms with Crippen molar-refractivity contribution in [1.82, 2.24) is 0 Å². The fraction of sp³-hybridized carbons (Fsp3) is 0.581. The van der Waals surface area contributed by atoms with Crippen LogP contribution < -0.4 is 4.90 Å². The second-order valence-electron chi connectivity index (χ2n) is 11.4. The molecule has 5 unspecified atom stereocenters. The Bertz CT molecular complexity index is 1090. The molecule has 3 fully saturated rings. The summed E-state index contributed by atoms with van der Waals surface area (Å²) < 4.78 is 0. The van der Waals surface area contributed by atoms with E-state index < -0.39 is 0 Å².